The van der Waals surface area contributed by atoms with E-state index in [1.54, 1.807) is 12.1 Å². The molecular formula is C28H32ClF3N4O4S. The maximum atomic E-state index is 14.2. The number of benzene rings is 1. The van der Waals surface area contributed by atoms with E-state index in [1.807, 2.05) is 0 Å². The van der Waals surface area contributed by atoms with Gasteiger partial charge < -0.3 is 20.3 Å². The number of nitrogens with zero attached hydrogens (tertiary/aromatic N) is 2. The van der Waals surface area contributed by atoms with E-state index < -0.39 is 41.2 Å². The third kappa shape index (κ3) is 7.04. The summed E-state index contributed by atoms with van der Waals surface area (Å²) in [6.45, 7) is 0.729. The molecule has 2 saturated carbocycles. The van der Waals surface area contributed by atoms with Crippen molar-refractivity contribution in [3.05, 3.63) is 45.1 Å². The van der Waals surface area contributed by atoms with Gasteiger partial charge in [0.15, 0.2) is 0 Å². The van der Waals surface area contributed by atoms with E-state index in [9.17, 15) is 27.6 Å². The van der Waals surface area contributed by atoms with Gasteiger partial charge in [-0.3, -0.25) is 19.3 Å². The second kappa shape index (κ2) is 12.7. The summed E-state index contributed by atoms with van der Waals surface area (Å²) >= 11 is 7.08. The molecule has 3 fully saturated rings. The molecule has 222 valence electrons. The van der Waals surface area contributed by atoms with Crippen LogP contribution < -0.4 is 15.5 Å². The van der Waals surface area contributed by atoms with Crippen LogP contribution in [0.3, 0.4) is 0 Å². The highest BCUT2D eigenvalue weighted by atomic mass is 35.5. The van der Waals surface area contributed by atoms with Gasteiger partial charge in [0.05, 0.1) is 27.1 Å². The fourth-order valence-corrected chi connectivity index (χ4v) is 6.31. The first-order valence-corrected chi connectivity index (χ1v) is 15.0. The number of carbonyl (C=O) groups excluding carboxylic acids is 3. The van der Waals surface area contributed by atoms with E-state index in [0.29, 0.717) is 21.7 Å². The van der Waals surface area contributed by atoms with Crippen molar-refractivity contribution in [1.82, 2.24) is 10.2 Å². The van der Waals surface area contributed by atoms with Crippen molar-refractivity contribution >= 4 is 52.0 Å². The second-order valence-electron chi connectivity index (χ2n) is 10.7. The van der Waals surface area contributed by atoms with Crippen LogP contribution in [0, 0.1) is 5.92 Å². The lowest BCUT2D eigenvalue weighted by Crippen LogP contribution is -2.57. The van der Waals surface area contributed by atoms with E-state index in [1.165, 1.54) is 17.0 Å². The van der Waals surface area contributed by atoms with Gasteiger partial charge in [0, 0.05) is 31.4 Å². The van der Waals surface area contributed by atoms with Crippen LogP contribution in [0.15, 0.2) is 30.3 Å². The van der Waals surface area contributed by atoms with Crippen LogP contribution in [-0.4, -0.2) is 67.6 Å². The van der Waals surface area contributed by atoms with Crippen molar-refractivity contribution in [2.75, 3.05) is 43.1 Å². The average Bonchev–Trinajstić information content (AvgIpc) is 3.31. The first-order chi connectivity index (χ1) is 19.6. The molecule has 5 rings (SSSR count). The Morgan fingerprint density at radius 3 is 2.49 bits per heavy atom. The molecule has 41 heavy (non-hydrogen) atoms. The van der Waals surface area contributed by atoms with Crippen LogP contribution in [0.2, 0.25) is 4.34 Å². The molecule has 2 aromatic rings. The van der Waals surface area contributed by atoms with Gasteiger partial charge in [-0.25, -0.2) is 0 Å². The highest BCUT2D eigenvalue weighted by Gasteiger charge is 2.39. The van der Waals surface area contributed by atoms with Crippen molar-refractivity contribution < 1.29 is 32.3 Å². The van der Waals surface area contributed by atoms with E-state index in [2.05, 4.69) is 15.5 Å². The number of alkyl halides is 3. The summed E-state index contributed by atoms with van der Waals surface area (Å²) in [5, 5.41) is 5.33. The molecule has 3 amide bonds. The molecule has 2 aliphatic carbocycles. The maximum Gasteiger partial charge on any atom is 0.418 e. The van der Waals surface area contributed by atoms with Gasteiger partial charge in [0.2, 0.25) is 5.91 Å². The molecule has 8 nitrogen and oxygen atoms in total. The SMILES string of the molecule is O=C(NC[C@H](C(=O)Nc1ccc(N2CCOCC2=O)cc1C(F)(F)F)N(CC1CCC1)C1CCC1)c1ccc(Cl)s1. The topological polar surface area (TPSA) is 91.0 Å². The lowest BCUT2D eigenvalue weighted by atomic mass is 9.82. The maximum absolute atomic E-state index is 14.2. The van der Waals surface area contributed by atoms with Gasteiger partial charge in [-0.1, -0.05) is 24.4 Å². The number of nitrogens with one attached hydrogen (secondary N) is 2. The molecule has 1 aromatic heterocycles. The number of hydrogen-bond acceptors (Lipinski definition) is 6. The lowest BCUT2D eigenvalue weighted by molar-refractivity contribution is -0.137. The number of ether oxygens (including phenoxy) is 1. The summed E-state index contributed by atoms with van der Waals surface area (Å²) in [5.41, 5.74) is -1.36. The number of anilines is 2. The predicted molar refractivity (Wildman–Crippen MR) is 150 cm³/mol. The zero-order valence-corrected chi connectivity index (χ0v) is 23.9. The fourth-order valence-electron chi connectivity index (χ4n) is 5.35. The molecule has 2 N–H and O–H groups in total. The number of thiophene rings is 1. The van der Waals surface area contributed by atoms with Crippen molar-refractivity contribution in [2.24, 2.45) is 5.92 Å². The highest BCUT2D eigenvalue weighted by Crippen LogP contribution is 2.38. The minimum atomic E-state index is -4.78. The number of rotatable bonds is 10. The average molecular weight is 613 g/mol. The number of hydrogen-bond donors (Lipinski definition) is 2. The quantitative estimate of drug-likeness (QED) is 0.386. The summed E-state index contributed by atoms with van der Waals surface area (Å²) in [4.78, 5) is 42.5. The molecule has 3 aliphatic rings. The molecule has 1 aromatic carbocycles. The molecule has 1 saturated heterocycles. The molecule has 13 heteroatoms. The standard InChI is InChI=1S/C28H32ClF3N4O4S/c29-24-10-9-23(41-24)27(39)33-14-22(36(18-5-2-6-18)15-17-3-1-4-17)26(38)34-21-8-7-19(13-20(21)28(30,31)32)35-11-12-40-16-25(35)37/h7-10,13,17-18,22H,1-6,11-12,14-16H2,(H,33,39)(H,34,38)/t22-/m1/s1. The third-order valence-electron chi connectivity index (χ3n) is 8.06. The third-order valence-corrected chi connectivity index (χ3v) is 9.29. The summed E-state index contributed by atoms with van der Waals surface area (Å²) in [7, 11) is 0. The zero-order chi connectivity index (χ0) is 29.1. The van der Waals surface area contributed by atoms with Crippen molar-refractivity contribution in [1.29, 1.82) is 0 Å². The van der Waals surface area contributed by atoms with Gasteiger partial charge in [-0.05, 0) is 61.9 Å². The summed E-state index contributed by atoms with van der Waals surface area (Å²) in [6.07, 6.45) is 1.20. The lowest BCUT2D eigenvalue weighted by Gasteiger charge is -2.45. The van der Waals surface area contributed by atoms with Crippen molar-refractivity contribution in [3.8, 4) is 0 Å². The Morgan fingerprint density at radius 1 is 1.15 bits per heavy atom. The minimum Gasteiger partial charge on any atom is -0.370 e. The van der Waals surface area contributed by atoms with Gasteiger partial charge in [-0.15, -0.1) is 11.3 Å². The second-order valence-corrected chi connectivity index (χ2v) is 12.4. The largest absolute Gasteiger partial charge is 0.418 e. The van der Waals surface area contributed by atoms with Crippen molar-refractivity contribution in [2.45, 2.75) is 56.8 Å². The Labute approximate surface area is 245 Å². The molecule has 0 unspecified atom stereocenters. The number of halogens is 4. The minimum absolute atomic E-state index is 0.0644. The molecular weight excluding hydrogens is 581 g/mol. The first-order valence-electron chi connectivity index (χ1n) is 13.8. The predicted octanol–water partition coefficient (Wildman–Crippen LogP) is 5.18. The molecule has 0 spiro atoms. The highest BCUT2D eigenvalue weighted by molar-refractivity contribution is 7.18. The van der Waals surface area contributed by atoms with Crippen LogP contribution in [0.25, 0.3) is 0 Å². The van der Waals surface area contributed by atoms with Crippen LogP contribution in [0.4, 0.5) is 24.5 Å². The van der Waals surface area contributed by atoms with Crippen molar-refractivity contribution in [3.63, 3.8) is 0 Å². The van der Waals surface area contributed by atoms with E-state index in [-0.39, 0.29) is 38.0 Å². The molecule has 0 radical (unpaired) electrons. The van der Waals surface area contributed by atoms with Gasteiger partial charge >= 0.3 is 6.18 Å². The summed E-state index contributed by atoms with van der Waals surface area (Å²) in [6, 6.07) is 5.90. The molecule has 2 heterocycles. The van der Waals surface area contributed by atoms with Gasteiger partial charge in [0.1, 0.15) is 12.6 Å². The molecule has 1 aliphatic heterocycles. The van der Waals surface area contributed by atoms with Gasteiger partial charge in [-0.2, -0.15) is 13.2 Å². The fraction of sp³-hybridized carbons (Fsp3) is 0.536. The van der Waals surface area contributed by atoms with Crippen LogP contribution in [-0.2, 0) is 20.5 Å². The Kier molecular flexibility index (Phi) is 9.22. The van der Waals surface area contributed by atoms with Gasteiger partial charge in [0.25, 0.3) is 11.8 Å². The van der Waals surface area contributed by atoms with E-state index >= 15 is 0 Å². The molecule has 1 atom stereocenters. The Bertz CT molecular complexity index is 1280. The number of amides is 3. The Balaban J connectivity index is 1.40. The van der Waals surface area contributed by atoms with E-state index in [4.69, 9.17) is 16.3 Å². The van der Waals surface area contributed by atoms with Crippen LogP contribution in [0.1, 0.15) is 53.8 Å². The monoisotopic (exact) mass is 612 g/mol. The Morgan fingerprint density at radius 2 is 1.90 bits per heavy atom. The first kappa shape index (κ1) is 29.8. The number of carbonyl (C=O) groups is 3. The molecule has 0 bridgehead atoms. The van der Waals surface area contributed by atoms with Crippen LogP contribution in [0.5, 0.6) is 0 Å². The van der Waals surface area contributed by atoms with Crippen LogP contribution >= 0.6 is 22.9 Å². The smallest absolute Gasteiger partial charge is 0.370 e. The number of morpholine rings is 1. The summed E-state index contributed by atoms with van der Waals surface area (Å²) in [5.74, 6) is -1.04. The van der Waals surface area contributed by atoms with E-state index in [0.717, 1.165) is 55.9 Å². The Hall–Kier alpha value is -2.67. The normalized spacial score (nSPS) is 19.0. The summed E-state index contributed by atoms with van der Waals surface area (Å²) < 4.78 is 48.2. The zero-order valence-electron chi connectivity index (χ0n) is 22.3.